The van der Waals surface area contributed by atoms with Gasteiger partial charge in [0, 0.05) is 6.20 Å². The highest BCUT2D eigenvalue weighted by Gasteiger charge is 2.22. The molecule has 2 heterocycles. The first-order chi connectivity index (χ1) is 9.88. The predicted molar refractivity (Wildman–Crippen MR) is 81.7 cm³/mol. The number of hydrogen-bond acceptors (Lipinski definition) is 5. The van der Waals surface area contributed by atoms with Gasteiger partial charge in [-0.25, -0.2) is 13.4 Å². The fraction of sp³-hybridized carbons (Fsp3) is 0.231. The van der Waals surface area contributed by atoms with Gasteiger partial charge in [0.1, 0.15) is 10.0 Å². The first-order valence-electron chi connectivity index (χ1n) is 6.18. The summed E-state index contributed by atoms with van der Waals surface area (Å²) in [5.74, 6) is -0.0840. The van der Waals surface area contributed by atoms with Crippen molar-refractivity contribution in [1.29, 1.82) is 0 Å². The number of aryl methyl sites for hydroxylation is 1. The monoisotopic (exact) mass is 325 g/mol. The highest BCUT2D eigenvalue weighted by Crippen LogP contribution is 2.16. The second-order valence-corrected chi connectivity index (χ2v) is 7.37. The standard InChI is InChI=1S/C13H15N3O3S2/c1-9-5-6-11(14-8-9)15-13(17)10(2)16-21(18,19)12-4-3-7-20-12/h3-8,10,16H,1-2H3,(H,14,15,17). The third-order valence-electron chi connectivity index (χ3n) is 2.65. The molecule has 112 valence electrons. The van der Waals surface area contributed by atoms with Gasteiger partial charge in [-0.1, -0.05) is 12.1 Å². The summed E-state index contributed by atoms with van der Waals surface area (Å²) < 4.78 is 26.5. The average Bonchev–Trinajstić information content (AvgIpc) is 2.95. The van der Waals surface area contributed by atoms with E-state index in [4.69, 9.17) is 0 Å². The van der Waals surface area contributed by atoms with E-state index in [0.29, 0.717) is 5.82 Å². The summed E-state index contributed by atoms with van der Waals surface area (Å²) in [5.41, 5.74) is 0.972. The van der Waals surface area contributed by atoms with Crippen molar-refractivity contribution in [2.75, 3.05) is 5.32 Å². The molecule has 21 heavy (non-hydrogen) atoms. The van der Waals surface area contributed by atoms with E-state index in [1.165, 1.54) is 13.0 Å². The van der Waals surface area contributed by atoms with Gasteiger partial charge in [0.15, 0.2) is 0 Å². The van der Waals surface area contributed by atoms with Gasteiger partial charge in [-0.05, 0) is 36.9 Å². The zero-order valence-electron chi connectivity index (χ0n) is 11.5. The second kappa shape index (κ2) is 6.33. The average molecular weight is 325 g/mol. The van der Waals surface area contributed by atoms with Gasteiger partial charge < -0.3 is 5.32 Å². The van der Waals surface area contributed by atoms with Gasteiger partial charge in [0.05, 0.1) is 6.04 Å². The Balaban J connectivity index is 2.01. The summed E-state index contributed by atoms with van der Waals surface area (Å²) >= 11 is 1.09. The van der Waals surface area contributed by atoms with E-state index in [9.17, 15) is 13.2 Å². The van der Waals surface area contributed by atoms with Crippen LogP contribution in [0.4, 0.5) is 5.82 Å². The lowest BCUT2D eigenvalue weighted by Gasteiger charge is -2.13. The second-order valence-electron chi connectivity index (χ2n) is 4.49. The fourth-order valence-corrected chi connectivity index (χ4v) is 3.75. The third-order valence-corrected chi connectivity index (χ3v) is 5.59. The summed E-state index contributed by atoms with van der Waals surface area (Å²) in [6.45, 7) is 3.37. The summed E-state index contributed by atoms with van der Waals surface area (Å²) in [4.78, 5) is 16.0. The van der Waals surface area contributed by atoms with Crippen LogP contribution in [0.5, 0.6) is 0 Å². The number of carbonyl (C=O) groups excluding carboxylic acids is 1. The van der Waals surface area contributed by atoms with E-state index in [2.05, 4.69) is 15.0 Å². The van der Waals surface area contributed by atoms with E-state index in [-0.39, 0.29) is 4.21 Å². The molecular formula is C13H15N3O3S2. The number of hydrogen-bond donors (Lipinski definition) is 2. The Morgan fingerprint density at radius 3 is 2.67 bits per heavy atom. The van der Waals surface area contributed by atoms with Crippen LogP contribution in [-0.4, -0.2) is 25.4 Å². The topological polar surface area (TPSA) is 88.2 Å². The quantitative estimate of drug-likeness (QED) is 0.877. The maximum Gasteiger partial charge on any atom is 0.250 e. The number of aromatic nitrogens is 1. The molecule has 0 saturated carbocycles. The first-order valence-corrected chi connectivity index (χ1v) is 8.54. The van der Waals surface area contributed by atoms with E-state index >= 15 is 0 Å². The minimum Gasteiger partial charge on any atom is -0.309 e. The Bertz CT molecular complexity index is 710. The number of thiophene rings is 1. The molecule has 2 aromatic rings. The highest BCUT2D eigenvalue weighted by molar-refractivity contribution is 7.91. The van der Waals surface area contributed by atoms with E-state index < -0.39 is 22.0 Å². The SMILES string of the molecule is Cc1ccc(NC(=O)C(C)NS(=O)(=O)c2cccs2)nc1. The zero-order chi connectivity index (χ0) is 15.5. The number of nitrogens with one attached hydrogen (secondary N) is 2. The molecule has 0 aromatic carbocycles. The highest BCUT2D eigenvalue weighted by atomic mass is 32.2. The number of sulfonamides is 1. The molecule has 6 nitrogen and oxygen atoms in total. The van der Waals surface area contributed by atoms with Crippen LogP contribution in [0.2, 0.25) is 0 Å². The maximum atomic E-state index is 12.0. The lowest BCUT2D eigenvalue weighted by molar-refractivity contribution is -0.117. The molecule has 0 spiro atoms. The summed E-state index contributed by atoms with van der Waals surface area (Å²) in [5, 5.41) is 4.23. The molecule has 0 bridgehead atoms. The van der Waals surface area contributed by atoms with E-state index in [0.717, 1.165) is 16.9 Å². The lowest BCUT2D eigenvalue weighted by Crippen LogP contribution is -2.41. The van der Waals surface area contributed by atoms with Crippen molar-refractivity contribution in [2.24, 2.45) is 0 Å². The van der Waals surface area contributed by atoms with Gasteiger partial charge in [0.25, 0.3) is 10.0 Å². The lowest BCUT2D eigenvalue weighted by atomic mass is 10.3. The molecule has 1 atom stereocenters. The van der Waals surface area contributed by atoms with Crippen molar-refractivity contribution in [3.05, 3.63) is 41.4 Å². The molecule has 1 unspecified atom stereocenters. The summed E-state index contributed by atoms with van der Waals surface area (Å²) in [6.07, 6.45) is 1.62. The van der Waals surface area contributed by atoms with Crippen molar-refractivity contribution in [1.82, 2.24) is 9.71 Å². The van der Waals surface area contributed by atoms with Crippen LogP contribution in [0.15, 0.2) is 40.1 Å². The number of anilines is 1. The predicted octanol–water partition coefficient (Wildman–Crippen LogP) is 1.76. The number of rotatable bonds is 5. The molecule has 2 N–H and O–H groups in total. The van der Waals surface area contributed by atoms with Crippen LogP contribution < -0.4 is 10.0 Å². The Kier molecular flexibility index (Phi) is 4.71. The van der Waals surface area contributed by atoms with Crippen LogP contribution in [0.1, 0.15) is 12.5 Å². The molecule has 0 saturated heterocycles. The molecule has 8 heteroatoms. The Morgan fingerprint density at radius 2 is 2.10 bits per heavy atom. The minimum atomic E-state index is -3.67. The smallest absolute Gasteiger partial charge is 0.250 e. The van der Waals surface area contributed by atoms with Crippen LogP contribution >= 0.6 is 11.3 Å². The summed E-state index contributed by atoms with van der Waals surface area (Å²) in [7, 11) is -3.67. The third kappa shape index (κ3) is 4.10. The molecule has 1 amide bonds. The van der Waals surface area contributed by atoms with E-state index in [1.807, 2.05) is 13.0 Å². The number of pyridine rings is 1. The largest absolute Gasteiger partial charge is 0.309 e. The minimum absolute atomic E-state index is 0.176. The molecule has 0 fully saturated rings. The normalized spacial score (nSPS) is 12.9. The van der Waals surface area contributed by atoms with Crippen LogP contribution in [0, 0.1) is 6.92 Å². The van der Waals surface area contributed by atoms with Crippen molar-refractivity contribution in [2.45, 2.75) is 24.1 Å². The first kappa shape index (κ1) is 15.6. The summed E-state index contributed by atoms with van der Waals surface area (Å²) in [6, 6.07) is 5.69. The van der Waals surface area contributed by atoms with Crippen LogP contribution in [0.3, 0.4) is 0 Å². The van der Waals surface area contributed by atoms with Gasteiger partial charge >= 0.3 is 0 Å². The van der Waals surface area contributed by atoms with Crippen molar-refractivity contribution < 1.29 is 13.2 Å². The zero-order valence-corrected chi connectivity index (χ0v) is 13.2. The molecule has 2 rings (SSSR count). The molecule has 0 radical (unpaired) electrons. The van der Waals surface area contributed by atoms with Crippen molar-refractivity contribution >= 4 is 33.1 Å². The maximum absolute atomic E-state index is 12.0. The van der Waals surface area contributed by atoms with Crippen molar-refractivity contribution in [3.8, 4) is 0 Å². The van der Waals surface area contributed by atoms with E-state index in [1.54, 1.807) is 23.7 Å². The van der Waals surface area contributed by atoms with Gasteiger partial charge in [-0.15, -0.1) is 11.3 Å². The van der Waals surface area contributed by atoms with Crippen LogP contribution in [-0.2, 0) is 14.8 Å². The number of nitrogens with zero attached hydrogens (tertiary/aromatic N) is 1. The molecule has 0 aliphatic heterocycles. The molecule has 0 aliphatic carbocycles. The Labute approximate surface area is 127 Å². The Hall–Kier alpha value is -1.77. The molecule has 2 aromatic heterocycles. The van der Waals surface area contributed by atoms with Crippen molar-refractivity contribution in [3.63, 3.8) is 0 Å². The Morgan fingerprint density at radius 1 is 1.33 bits per heavy atom. The number of amides is 1. The van der Waals surface area contributed by atoms with Gasteiger partial charge in [-0.3, -0.25) is 4.79 Å². The molecule has 0 aliphatic rings. The molecular weight excluding hydrogens is 310 g/mol. The van der Waals surface area contributed by atoms with Gasteiger partial charge in [0.2, 0.25) is 5.91 Å². The fourth-order valence-electron chi connectivity index (χ4n) is 1.54. The van der Waals surface area contributed by atoms with Gasteiger partial charge in [-0.2, -0.15) is 4.72 Å². The van der Waals surface area contributed by atoms with Crippen LogP contribution in [0.25, 0.3) is 0 Å². The number of carbonyl (C=O) groups is 1.